The van der Waals surface area contributed by atoms with E-state index in [0.717, 1.165) is 37.9 Å². The van der Waals surface area contributed by atoms with Gasteiger partial charge in [0.25, 0.3) is 0 Å². The van der Waals surface area contributed by atoms with Crippen LogP contribution in [0.15, 0.2) is 24.3 Å². The Morgan fingerprint density at radius 3 is 2.40 bits per heavy atom. The van der Waals surface area contributed by atoms with Crippen LogP contribution in [0.2, 0.25) is 0 Å². The van der Waals surface area contributed by atoms with Gasteiger partial charge in [-0.1, -0.05) is 25.0 Å². The molecule has 2 N–H and O–H groups in total. The lowest BCUT2D eigenvalue weighted by atomic mass is 9.90. The molecule has 140 valence electrons. The first kappa shape index (κ1) is 20.2. The van der Waals surface area contributed by atoms with Gasteiger partial charge < -0.3 is 10.6 Å². The second-order valence-corrected chi connectivity index (χ2v) is 7.37. The molecule has 2 aliphatic rings. The van der Waals surface area contributed by atoms with E-state index in [1.54, 1.807) is 0 Å². The molecule has 1 heterocycles. The minimum Gasteiger partial charge on any atom is -0.349 e. The molecular weight excluding hydrogens is 339 g/mol. The number of rotatable bonds is 6. The molecule has 1 aromatic carbocycles. The molecule has 1 unspecified atom stereocenters. The van der Waals surface area contributed by atoms with Crippen molar-refractivity contribution in [2.45, 2.75) is 57.4 Å². The summed E-state index contributed by atoms with van der Waals surface area (Å²) < 4.78 is 13.2. The van der Waals surface area contributed by atoms with Crippen LogP contribution in [0.1, 0.15) is 63.0 Å². The van der Waals surface area contributed by atoms with Gasteiger partial charge in [0.05, 0.1) is 6.04 Å². The van der Waals surface area contributed by atoms with E-state index in [9.17, 15) is 9.18 Å². The number of carbonyl (C=O) groups is 1. The topological polar surface area (TPSA) is 41.1 Å². The molecule has 0 aromatic heterocycles. The van der Waals surface area contributed by atoms with Gasteiger partial charge in [0.2, 0.25) is 5.91 Å². The lowest BCUT2D eigenvalue weighted by Gasteiger charge is -2.26. The van der Waals surface area contributed by atoms with Gasteiger partial charge >= 0.3 is 0 Å². The molecule has 0 bridgehead atoms. The van der Waals surface area contributed by atoms with Crippen molar-refractivity contribution in [1.82, 2.24) is 10.6 Å². The number of halogens is 2. The Labute approximate surface area is 156 Å². The molecule has 1 amide bonds. The van der Waals surface area contributed by atoms with Crippen molar-refractivity contribution in [1.29, 1.82) is 0 Å². The van der Waals surface area contributed by atoms with Crippen LogP contribution in [0.4, 0.5) is 4.39 Å². The van der Waals surface area contributed by atoms with Crippen LogP contribution in [0.3, 0.4) is 0 Å². The van der Waals surface area contributed by atoms with Crippen molar-refractivity contribution < 1.29 is 9.18 Å². The number of hydrogen-bond donors (Lipinski definition) is 2. The highest BCUT2D eigenvalue weighted by molar-refractivity contribution is 5.85. The van der Waals surface area contributed by atoms with E-state index in [1.165, 1.54) is 37.8 Å². The summed E-state index contributed by atoms with van der Waals surface area (Å²) in [5, 5.41) is 6.62. The highest BCUT2D eigenvalue weighted by Gasteiger charge is 2.28. The SMILES string of the molecule is Cl.O=C(CCC1CCNCC1)NC(c1ccc(F)cc1)C1CCCC1. The average molecular weight is 369 g/mol. The summed E-state index contributed by atoms with van der Waals surface area (Å²) >= 11 is 0. The van der Waals surface area contributed by atoms with Crippen LogP contribution in [0.25, 0.3) is 0 Å². The molecule has 1 atom stereocenters. The fraction of sp³-hybridized carbons (Fsp3) is 0.650. The number of benzene rings is 1. The predicted molar refractivity (Wildman–Crippen MR) is 101 cm³/mol. The van der Waals surface area contributed by atoms with Crippen LogP contribution in [-0.4, -0.2) is 19.0 Å². The lowest BCUT2D eigenvalue weighted by Crippen LogP contribution is -2.33. The first-order valence-electron chi connectivity index (χ1n) is 9.48. The summed E-state index contributed by atoms with van der Waals surface area (Å²) in [5.74, 6) is 1.09. The Kier molecular flexibility index (Phi) is 8.17. The number of hydrogen-bond acceptors (Lipinski definition) is 2. The van der Waals surface area contributed by atoms with Gasteiger partial charge in [0.15, 0.2) is 0 Å². The van der Waals surface area contributed by atoms with Crippen molar-refractivity contribution in [3.63, 3.8) is 0 Å². The maximum atomic E-state index is 13.2. The largest absolute Gasteiger partial charge is 0.349 e. The van der Waals surface area contributed by atoms with Crippen molar-refractivity contribution in [3.8, 4) is 0 Å². The third kappa shape index (κ3) is 5.96. The molecule has 1 aliphatic carbocycles. The third-order valence-electron chi connectivity index (χ3n) is 5.66. The van der Waals surface area contributed by atoms with Gasteiger partial charge in [-0.2, -0.15) is 0 Å². The molecule has 1 saturated heterocycles. The summed E-state index contributed by atoms with van der Waals surface area (Å²) in [6.07, 6.45) is 8.70. The molecule has 0 radical (unpaired) electrons. The van der Waals surface area contributed by atoms with E-state index < -0.39 is 0 Å². The van der Waals surface area contributed by atoms with Crippen molar-refractivity contribution in [3.05, 3.63) is 35.6 Å². The molecule has 1 saturated carbocycles. The number of amides is 1. The smallest absolute Gasteiger partial charge is 0.220 e. The van der Waals surface area contributed by atoms with Gasteiger partial charge in [0, 0.05) is 6.42 Å². The Morgan fingerprint density at radius 1 is 1.12 bits per heavy atom. The summed E-state index contributed by atoms with van der Waals surface area (Å²) in [6.45, 7) is 2.15. The highest BCUT2D eigenvalue weighted by atomic mass is 35.5. The van der Waals surface area contributed by atoms with Gasteiger partial charge in [-0.05, 0) is 74.7 Å². The Morgan fingerprint density at radius 2 is 1.76 bits per heavy atom. The molecule has 1 aliphatic heterocycles. The molecule has 3 rings (SSSR count). The minimum atomic E-state index is -0.221. The van der Waals surface area contributed by atoms with Gasteiger partial charge in [-0.3, -0.25) is 4.79 Å². The van der Waals surface area contributed by atoms with Gasteiger partial charge in [-0.25, -0.2) is 4.39 Å². The maximum Gasteiger partial charge on any atom is 0.220 e. The minimum absolute atomic E-state index is 0. The Bertz CT molecular complexity index is 525. The first-order valence-corrected chi connectivity index (χ1v) is 9.48. The van der Waals surface area contributed by atoms with Crippen molar-refractivity contribution in [2.24, 2.45) is 11.8 Å². The Hall–Kier alpha value is -1.13. The normalized spacial score (nSPS) is 20.0. The molecule has 5 heteroatoms. The average Bonchev–Trinajstić information content (AvgIpc) is 3.14. The summed E-state index contributed by atoms with van der Waals surface area (Å²) in [6, 6.07) is 6.68. The third-order valence-corrected chi connectivity index (χ3v) is 5.66. The summed E-state index contributed by atoms with van der Waals surface area (Å²) in [4.78, 5) is 12.5. The number of nitrogens with one attached hydrogen (secondary N) is 2. The standard InChI is InChI=1S/C20H29FN2O.ClH/c21-18-8-6-17(7-9-18)20(16-3-1-2-4-16)23-19(24)10-5-15-11-13-22-14-12-15;/h6-9,15-16,20,22H,1-5,10-14H2,(H,23,24);1H. The van der Waals surface area contributed by atoms with E-state index >= 15 is 0 Å². The van der Waals surface area contributed by atoms with Gasteiger partial charge in [-0.15, -0.1) is 12.4 Å². The van der Waals surface area contributed by atoms with Crippen LogP contribution in [0.5, 0.6) is 0 Å². The van der Waals surface area contributed by atoms with E-state index in [1.807, 2.05) is 12.1 Å². The van der Waals surface area contributed by atoms with Gasteiger partial charge in [0.1, 0.15) is 5.82 Å². The zero-order chi connectivity index (χ0) is 16.8. The molecule has 25 heavy (non-hydrogen) atoms. The van der Waals surface area contributed by atoms with E-state index in [-0.39, 0.29) is 30.2 Å². The van der Waals surface area contributed by atoms with Crippen molar-refractivity contribution in [2.75, 3.05) is 13.1 Å². The molecule has 1 aromatic rings. The van der Waals surface area contributed by atoms with Crippen LogP contribution >= 0.6 is 12.4 Å². The van der Waals surface area contributed by atoms with Crippen LogP contribution < -0.4 is 10.6 Å². The summed E-state index contributed by atoms with van der Waals surface area (Å²) in [5.41, 5.74) is 1.04. The van der Waals surface area contributed by atoms with E-state index in [2.05, 4.69) is 10.6 Å². The summed E-state index contributed by atoms with van der Waals surface area (Å²) in [7, 11) is 0. The lowest BCUT2D eigenvalue weighted by molar-refractivity contribution is -0.122. The monoisotopic (exact) mass is 368 g/mol. The van der Waals surface area contributed by atoms with E-state index in [0.29, 0.717) is 18.3 Å². The predicted octanol–water partition coefficient (Wildman–Crippen LogP) is 4.37. The molecule has 2 fully saturated rings. The van der Waals surface area contributed by atoms with E-state index in [4.69, 9.17) is 0 Å². The van der Waals surface area contributed by atoms with Crippen LogP contribution in [-0.2, 0) is 4.79 Å². The quantitative estimate of drug-likeness (QED) is 0.782. The number of carbonyl (C=O) groups excluding carboxylic acids is 1. The maximum absolute atomic E-state index is 13.2. The fourth-order valence-corrected chi connectivity index (χ4v) is 4.19. The second-order valence-electron chi connectivity index (χ2n) is 7.37. The fourth-order valence-electron chi connectivity index (χ4n) is 4.19. The molecule has 0 spiro atoms. The highest BCUT2D eigenvalue weighted by Crippen LogP contribution is 2.36. The zero-order valence-corrected chi connectivity index (χ0v) is 15.6. The Balaban J connectivity index is 0.00000225. The van der Waals surface area contributed by atoms with Crippen molar-refractivity contribution >= 4 is 18.3 Å². The second kappa shape index (κ2) is 10.1. The first-order chi connectivity index (χ1) is 11.7. The number of piperidine rings is 1. The molecule has 3 nitrogen and oxygen atoms in total. The zero-order valence-electron chi connectivity index (χ0n) is 14.8. The molecular formula is C20H30ClFN2O. The van der Waals surface area contributed by atoms with Crippen LogP contribution in [0, 0.1) is 17.7 Å².